The van der Waals surface area contributed by atoms with Crippen LogP contribution in [0.25, 0.3) is 0 Å². The van der Waals surface area contributed by atoms with E-state index in [1.807, 2.05) is 12.1 Å². The third-order valence-corrected chi connectivity index (χ3v) is 4.66. The molecular weight excluding hydrogens is 531 g/mol. The van der Waals surface area contributed by atoms with E-state index in [1.165, 1.54) is 60.7 Å². The second-order valence-corrected chi connectivity index (χ2v) is 7.71. The smallest absolute Gasteiger partial charge is 0.425 e. The van der Waals surface area contributed by atoms with Crippen LogP contribution in [0, 0.1) is 28.5 Å². The zero-order chi connectivity index (χ0) is 29.6. The van der Waals surface area contributed by atoms with Crippen molar-refractivity contribution in [2.24, 2.45) is 5.73 Å². The molecule has 3 rings (SSSR count). The number of hydrogen-bond acceptors (Lipinski definition) is 5. The molecule has 0 aromatic heterocycles. The van der Waals surface area contributed by atoms with Crippen LogP contribution in [0.2, 0.25) is 0 Å². The van der Waals surface area contributed by atoms with Crippen molar-refractivity contribution in [3.05, 3.63) is 95.3 Å². The van der Waals surface area contributed by atoms with E-state index in [0.717, 1.165) is 19.4 Å². The van der Waals surface area contributed by atoms with Gasteiger partial charge in [-0.15, -0.1) is 0 Å². The molecule has 12 heteroatoms. The average molecular weight is 555 g/mol. The predicted molar refractivity (Wildman–Crippen MR) is 129 cm³/mol. The highest BCUT2D eigenvalue weighted by Crippen LogP contribution is 2.26. The summed E-state index contributed by atoms with van der Waals surface area (Å²) in [4.78, 5) is 0. The summed E-state index contributed by atoms with van der Waals surface area (Å²) in [5, 5.41) is 16.7. The maximum absolute atomic E-state index is 12.1. The maximum Gasteiger partial charge on any atom is 0.425 e. The quantitative estimate of drug-likeness (QED) is 0.341. The molecule has 2 N–H and O–H groups in total. The Kier molecular flexibility index (Phi) is 12.8. The van der Waals surface area contributed by atoms with Crippen LogP contribution < -0.4 is 15.2 Å². The van der Waals surface area contributed by atoms with Gasteiger partial charge in [-0.3, -0.25) is 0 Å². The Morgan fingerprint density at radius 3 is 1.31 bits per heavy atom. The monoisotopic (exact) mass is 555 g/mol. The SMILES string of the molecule is CC(Oc1ccc(C#N)cc1)C(F)(F)F.CC(Oc1ccc(CN)cc1)C(F)(F)F.N#Cc1ccc(F)cc1. The van der Waals surface area contributed by atoms with Gasteiger partial charge in [0.15, 0.2) is 12.2 Å². The number of nitriles is 2. The fraction of sp³-hybridized carbons (Fsp3) is 0.259. The van der Waals surface area contributed by atoms with E-state index < -0.39 is 24.6 Å². The van der Waals surface area contributed by atoms with Gasteiger partial charge in [0.1, 0.15) is 17.3 Å². The van der Waals surface area contributed by atoms with Crippen LogP contribution >= 0.6 is 0 Å². The van der Waals surface area contributed by atoms with E-state index in [0.29, 0.717) is 17.7 Å². The largest absolute Gasteiger partial charge is 0.481 e. The lowest BCUT2D eigenvalue weighted by Crippen LogP contribution is -2.31. The van der Waals surface area contributed by atoms with E-state index in [1.54, 1.807) is 12.1 Å². The van der Waals surface area contributed by atoms with Crippen molar-refractivity contribution in [2.45, 2.75) is 45.0 Å². The maximum atomic E-state index is 12.1. The molecule has 5 nitrogen and oxygen atoms in total. The molecule has 0 aliphatic rings. The molecule has 0 radical (unpaired) electrons. The Morgan fingerprint density at radius 1 is 0.667 bits per heavy atom. The van der Waals surface area contributed by atoms with Gasteiger partial charge >= 0.3 is 12.4 Å². The number of nitrogens with two attached hydrogens (primary N) is 1. The van der Waals surface area contributed by atoms with Crippen molar-refractivity contribution in [1.29, 1.82) is 10.5 Å². The number of alkyl halides is 6. The fourth-order valence-corrected chi connectivity index (χ4v) is 2.38. The number of benzene rings is 3. The summed E-state index contributed by atoms with van der Waals surface area (Å²) in [5.41, 5.74) is 7.06. The van der Waals surface area contributed by atoms with Crippen LogP contribution in [-0.2, 0) is 6.54 Å². The topological polar surface area (TPSA) is 92.1 Å². The van der Waals surface area contributed by atoms with Crippen molar-refractivity contribution >= 4 is 0 Å². The molecule has 0 saturated heterocycles. The lowest BCUT2D eigenvalue weighted by atomic mass is 10.2. The number of halogens is 7. The van der Waals surface area contributed by atoms with E-state index in [-0.39, 0.29) is 17.3 Å². The third kappa shape index (κ3) is 12.7. The molecule has 3 aromatic carbocycles. The summed E-state index contributed by atoms with van der Waals surface area (Å²) >= 11 is 0. The van der Waals surface area contributed by atoms with Crippen LogP contribution in [-0.4, -0.2) is 24.6 Å². The summed E-state index contributed by atoms with van der Waals surface area (Å²) < 4.78 is 94.2. The molecule has 0 amide bonds. The molecule has 39 heavy (non-hydrogen) atoms. The van der Waals surface area contributed by atoms with E-state index in [9.17, 15) is 30.7 Å². The van der Waals surface area contributed by atoms with Gasteiger partial charge < -0.3 is 15.2 Å². The summed E-state index contributed by atoms with van der Waals surface area (Å²) in [7, 11) is 0. The zero-order valence-electron chi connectivity index (χ0n) is 20.7. The molecule has 208 valence electrons. The highest BCUT2D eigenvalue weighted by Gasteiger charge is 2.38. The number of hydrogen-bond donors (Lipinski definition) is 1. The molecular formula is C27H24F7N3O2. The Hall–Kier alpha value is -4.29. The summed E-state index contributed by atoms with van der Waals surface area (Å²) in [5.74, 6) is -0.0233. The van der Waals surface area contributed by atoms with Gasteiger partial charge in [0.2, 0.25) is 0 Å². The highest BCUT2D eigenvalue weighted by molar-refractivity contribution is 5.34. The molecule has 0 aliphatic heterocycles. The minimum Gasteiger partial charge on any atom is -0.481 e. The third-order valence-electron chi connectivity index (χ3n) is 4.66. The first-order valence-electron chi connectivity index (χ1n) is 11.1. The van der Waals surface area contributed by atoms with Crippen molar-refractivity contribution in [2.75, 3.05) is 0 Å². The van der Waals surface area contributed by atoms with Gasteiger partial charge in [0.05, 0.1) is 23.3 Å². The number of ether oxygens (including phenoxy) is 2. The Morgan fingerprint density at radius 2 is 1.00 bits per heavy atom. The molecule has 3 aromatic rings. The minimum atomic E-state index is -4.38. The van der Waals surface area contributed by atoms with E-state index in [4.69, 9.17) is 21.0 Å². The second-order valence-electron chi connectivity index (χ2n) is 7.71. The molecule has 0 bridgehead atoms. The van der Waals surface area contributed by atoms with Gasteiger partial charge in [-0.1, -0.05) is 12.1 Å². The lowest BCUT2D eigenvalue weighted by molar-refractivity contribution is -0.189. The summed E-state index contributed by atoms with van der Waals surface area (Å²) in [6.07, 6.45) is -12.4. The van der Waals surface area contributed by atoms with Gasteiger partial charge in [-0.05, 0) is 80.1 Å². The molecule has 0 fully saturated rings. The fourth-order valence-electron chi connectivity index (χ4n) is 2.38. The minimum absolute atomic E-state index is 0.0961. The predicted octanol–water partition coefficient (Wildman–Crippen LogP) is 7.06. The highest BCUT2D eigenvalue weighted by atomic mass is 19.4. The first-order chi connectivity index (χ1) is 18.2. The van der Waals surface area contributed by atoms with E-state index >= 15 is 0 Å². The molecule has 0 aliphatic carbocycles. The van der Waals surface area contributed by atoms with Crippen molar-refractivity contribution < 1.29 is 40.2 Å². The van der Waals surface area contributed by atoms with Gasteiger partial charge in [0, 0.05) is 6.54 Å². The number of nitrogens with zero attached hydrogens (tertiary/aromatic N) is 2. The van der Waals surface area contributed by atoms with Gasteiger partial charge in [0.25, 0.3) is 0 Å². The molecule has 2 unspecified atom stereocenters. The zero-order valence-corrected chi connectivity index (χ0v) is 20.7. The molecule has 0 saturated carbocycles. The Balaban J connectivity index is 0.000000302. The van der Waals surface area contributed by atoms with Crippen molar-refractivity contribution in [3.63, 3.8) is 0 Å². The second kappa shape index (κ2) is 15.2. The molecule has 0 spiro atoms. The van der Waals surface area contributed by atoms with Crippen LogP contribution in [0.4, 0.5) is 30.7 Å². The van der Waals surface area contributed by atoms with Crippen LogP contribution in [0.15, 0.2) is 72.8 Å². The van der Waals surface area contributed by atoms with Crippen LogP contribution in [0.3, 0.4) is 0 Å². The van der Waals surface area contributed by atoms with Gasteiger partial charge in [-0.2, -0.15) is 36.9 Å². The number of rotatable bonds is 5. The Bertz CT molecular complexity index is 1210. The summed E-state index contributed by atoms with van der Waals surface area (Å²) in [6.45, 7) is 2.25. The normalized spacial score (nSPS) is 12.2. The molecule has 2 atom stereocenters. The summed E-state index contributed by atoms with van der Waals surface area (Å²) in [6, 6.07) is 20.9. The molecule has 0 heterocycles. The first-order valence-corrected chi connectivity index (χ1v) is 11.1. The Labute approximate surface area is 220 Å². The van der Waals surface area contributed by atoms with Gasteiger partial charge in [-0.25, -0.2) is 4.39 Å². The van der Waals surface area contributed by atoms with Crippen LogP contribution in [0.5, 0.6) is 11.5 Å². The lowest BCUT2D eigenvalue weighted by Gasteiger charge is -2.17. The van der Waals surface area contributed by atoms with Crippen molar-refractivity contribution in [3.8, 4) is 23.6 Å². The van der Waals surface area contributed by atoms with E-state index in [2.05, 4.69) is 4.74 Å². The van der Waals surface area contributed by atoms with Crippen LogP contribution in [0.1, 0.15) is 30.5 Å². The van der Waals surface area contributed by atoms with Crippen molar-refractivity contribution in [1.82, 2.24) is 0 Å². The average Bonchev–Trinajstić information content (AvgIpc) is 2.89. The first kappa shape index (κ1) is 32.7. The standard InChI is InChI=1S/C10H12F3NO.C10H8F3NO.C7H4FN/c2*1-7(10(11,12)13)15-9-4-2-8(6-14)3-5-9;8-7-3-1-6(5-9)2-4-7/h2-5,7H,6,14H2,1H3;2-5,7H,1H3;1-4H.